The van der Waals surface area contributed by atoms with Gasteiger partial charge in [-0.2, -0.15) is 0 Å². The average molecular weight is 367 g/mol. The van der Waals surface area contributed by atoms with Crippen LogP contribution in [0.3, 0.4) is 0 Å². The summed E-state index contributed by atoms with van der Waals surface area (Å²) in [5.41, 5.74) is 4.67. The molecule has 2 N–H and O–H groups in total. The molecule has 3 amide bonds. The first-order valence-electron chi connectivity index (χ1n) is 9.11. The van der Waals surface area contributed by atoms with Crippen LogP contribution in [-0.4, -0.2) is 43.1 Å². The highest BCUT2D eigenvalue weighted by Gasteiger charge is 2.16. The number of nitrogens with zero attached hydrogens (tertiary/aromatic N) is 1. The van der Waals surface area contributed by atoms with E-state index in [-0.39, 0.29) is 11.9 Å². The molecule has 27 heavy (non-hydrogen) atoms. The van der Waals surface area contributed by atoms with Gasteiger partial charge >= 0.3 is 6.03 Å². The molecule has 6 heteroatoms. The van der Waals surface area contributed by atoms with Crippen LogP contribution in [0, 0.1) is 13.8 Å². The molecule has 0 spiro atoms. The van der Waals surface area contributed by atoms with Gasteiger partial charge in [-0.1, -0.05) is 18.2 Å². The normalized spacial score (nSPS) is 13.9. The largest absolute Gasteiger partial charge is 0.378 e. The van der Waals surface area contributed by atoms with E-state index in [9.17, 15) is 9.59 Å². The minimum absolute atomic E-state index is 0.103. The molecule has 0 saturated carbocycles. The minimum Gasteiger partial charge on any atom is -0.378 e. The Morgan fingerprint density at radius 1 is 0.926 bits per heavy atom. The molecule has 6 nitrogen and oxygen atoms in total. The third kappa shape index (κ3) is 5.31. The van der Waals surface area contributed by atoms with Crippen LogP contribution in [0.15, 0.2) is 42.5 Å². The van der Waals surface area contributed by atoms with E-state index in [2.05, 4.69) is 10.6 Å². The molecule has 1 fully saturated rings. The van der Waals surface area contributed by atoms with E-state index < -0.39 is 0 Å². The number of carbonyl (C=O) groups is 2. The Bertz CT molecular complexity index is 812. The van der Waals surface area contributed by atoms with E-state index in [1.807, 2.05) is 61.2 Å². The summed E-state index contributed by atoms with van der Waals surface area (Å²) in [6.45, 7) is 6.54. The number of hydrogen-bond acceptors (Lipinski definition) is 3. The minimum atomic E-state index is -0.296. The Kier molecular flexibility index (Phi) is 6.08. The van der Waals surface area contributed by atoms with Gasteiger partial charge < -0.3 is 20.3 Å². The number of rotatable bonds is 4. The lowest BCUT2D eigenvalue weighted by molar-refractivity contribution is -0.134. The second-order valence-electron chi connectivity index (χ2n) is 6.75. The molecular weight excluding hydrogens is 342 g/mol. The highest BCUT2D eigenvalue weighted by atomic mass is 16.5. The van der Waals surface area contributed by atoms with Crippen molar-refractivity contribution in [2.45, 2.75) is 20.3 Å². The molecule has 3 rings (SSSR count). The van der Waals surface area contributed by atoms with Crippen LogP contribution in [0.5, 0.6) is 0 Å². The number of carbonyl (C=O) groups excluding carboxylic acids is 2. The number of aryl methyl sites for hydroxylation is 2. The van der Waals surface area contributed by atoms with Crippen molar-refractivity contribution in [3.8, 4) is 0 Å². The Morgan fingerprint density at radius 3 is 2.22 bits per heavy atom. The fourth-order valence-corrected chi connectivity index (χ4v) is 2.92. The number of amides is 3. The van der Waals surface area contributed by atoms with Crippen LogP contribution < -0.4 is 10.6 Å². The van der Waals surface area contributed by atoms with Crippen molar-refractivity contribution in [3.05, 3.63) is 59.2 Å². The van der Waals surface area contributed by atoms with Crippen LogP contribution in [0.2, 0.25) is 0 Å². The summed E-state index contributed by atoms with van der Waals surface area (Å²) in [5, 5.41) is 5.63. The summed E-state index contributed by atoms with van der Waals surface area (Å²) in [4.78, 5) is 26.3. The second-order valence-corrected chi connectivity index (χ2v) is 6.75. The maximum Gasteiger partial charge on any atom is 0.323 e. The van der Waals surface area contributed by atoms with Crippen LogP contribution in [0.25, 0.3) is 0 Å². The smallest absolute Gasteiger partial charge is 0.323 e. The molecule has 2 aromatic rings. The third-order valence-corrected chi connectivity index (χ3v) is 4.70. The molecule has 1 aliphatic heterocycles. The summed E-state index contributed by atoms with van der Waals surface area (Å²) < 4.78 is 5.27. The van der Waals surface area contributed by atoms with E-state index in [1.165, 1.54) is 5.56 Å². The van der Waals surface area contributed by atoms with Gasteiger partial charge in [0.15, 0.2) is 0 Å². The first kappa shape index (κ1) is 18.9. The quantitative estimate of drug-likeness (QED) is 0.871. The SMILES string of the molecule is Cc1ccc(NC(=O)Nc2ccc(CC(=O)N3CCOCC3)cc2)cc1C. The van der Waals surface area contributed by atoms with Crippen LogP contribution in [0.4, 0.5) is 16.2 Å². The van der Waals surface area contributed by atoms with Gasteiger partial charge in [-0.3, -0.25) is 4.79 Å². The maximum atomic E-state index is 12.3. The maximum absolute atomic E-state index is 12.3. The number of anilines is 2. The molecule has 0 radical (unpaired) electrons. The zero-order valence-electron chi connectivity index (χ0n) is 15.7. The number of ether oxygens (including phenoxy) is 1. The van der Waals surface area contributed by atoms with Crippen LogP contribution >= 0.6 is 0 Å². The zero-order chi connectivity index (χ0) is 19.2. The van der Waals surface area contributed by atoms with Crippen molar-refractivity contribution >= 4 is 23.3 Å². The molecule has 142 valence electrons. The van der Waals surface area contributed by atoms with Crippen molar-refractivity contribution in [2.75, 3.05) is 36.9 Å². The van der Waals surface area contributed by atoms with Crippen molar-refractivity contribution in [2.24, 2.45) is 0 Å². The van der Waals surface area contributed by atoms with Gasteiger partial charge in [0, 0.05) is 24.5 Å². The molecule has 0 aliphatic carbocycles. The van der Waals surface area contributed by atoms with E-state index in [0.29, 0.717) is 38.4 Å². The van der Waals surface area contributed by atoms with Crippen molar-refractivity contribution in [1.29, 1.82) is 0 Å². The van der Waals surface area contributed by atoms with Gasteiger partial charge in [0.1, 0.15) is 0 Å². The second kappa shape index (κ2) is 8.68. The first-order chi connectivity index (χ1) is 13.0. The fourth-order valence-electron chi connectivity index (χ4n) is 2.92. The fraction of sp³-hybridized carbons (Fsp3) is 0.333. The van der Waals surface area contributed by atoms with Gasteiger partial charge in [0.2, 0.25) is 5.91 Å². The lowest BCUT2D eigenvalue weighted by Crippen LogP contribution is -2.41. The topological polar surface area (TPSA) is 70.7 Å². The molecule has 0 atom stereocenters. The Labute approximate surface area is 159 Å². The average Bonchev–Trinajstić information content (AvgIpc) is 2.67. The molecule has 1 saturated heterocycles. The highest BCUT2D eigenvalue weighted by Crippen LogP contribution is 2.16. The van der Waals surface area contributed by atoms with Crippen molar-refractivity contribution in [1.82, 2.24) is 4.90 Å². The Hall–Kier alpha value is -2.86. The lowest BCUT2D eigenvalue weighted by Gasteiger charge is -2.26. The molecular formula is C21H25N3O3. The standard InChI is InChI=1S/C21H25N3O3/c1-15-3-6-19(13-16(15)2)23-21(26)22-18-7-4-17(5-8-18)14-20(25)24-9-11-27-12-10-24/h3-8,13H,9-12,14H2,1-2H3,(H2,22,23,26). The van der Waals surface area contributed by atoms with Gasteiger partial charge in [-0.15, -0.1) is 0 Å². The molecule has 0 aromatic heterocycles. The highest BCUT2D eigenvalue weighted by molar-refractivity contribution is 5.99. The number of nitrogens with one attached hydrogen (secondary N) is 2. The van der Waals surface area contributed by atoms with Gasteiger partial charge in [-0.05, 0) is 54.8 Å². The lowest BCUT2D eigenvalue weighted by atomic mass is 10.1. The monoisotopic (exact) mass is 367 g/mol. The number of hydrogen-bond donors (Lipinski definition) is 2. The number of morpholine rings is 1. The molecule has 1 heterocycles. The molecule has 2 aromatic carbocycles. The summed E-state index contributed by atoms with van der Waals surface area (Å²) in [6, 6.07) is 12.8. The van der Waals surface area contributed by atoms with E-state index in [4.69, 9.17) is 4.74 Å². The molecule has 0 unspecified atom stereocenters. The van der Waals surface area contributed by atoms with Crippen LogP contribution in [-0.2, 0) is 16.0 Å². The van der Waals surface area contributed by atoms with E-state index >= 15 is 0 Å². The van der Waals surface area contributed by atoms with Crippen molar-refractivity contribution in [3.63, 3.8) is 0 Å². The molecule has 0 bridgehead atoms. The summed E-state index contributed by atoms with van der Waals surface area (Å²) in [7, 11) is 0. The van der Waals surface area contributed by atoms with Crippen LogP contribution in [0.1, 0.15) is 16.7 Å². The number of benzene rings is 2. The van der Waals surface area contributed by atoms with E-state index in [0.717, 1.165) is 16.8 Å². The first-order valence-corrected chi connectivity index (χ1v) is 9.11. The van der Waals surface area contributed by atoms with Crippen molar-refractivity contribution < 1.29 is 14.3 Å². The zero-order valence-corrected chi connectivity index (χ0v) is 15.7. The van der Waals surface area contributed by atoms with Gasteiger partial charge in [-0.25, -0.2) is 4.79 Å². The predicted molar refractivity (Wildman–Crippen MR) is 106 cm³/mol. The molecule has 1 aliphatic rings. The summed E-state index contributed by atoms with van der Waals surface area (Å²) in [6.07, 6.45) is 0.356. The predicted octanol–water partition coefficient (Wildman–Crippen LogP) is 3.35. The van der Waals surface area contributed by atoms with Gasteiger partial charge in [0.05, 0.1) is 19.6 Å². The number of urea groups is 1. The third-order valence-electron chi connectivity index (χ3n) is 4.70. The van der Waals surface area contributed by atoms with Gasteiger partial charge in [0.25, 0.3) is 0 Å². The summed E-state index contributed by atoms with van der Waals surface area (Å²) in [5.74, 6) is 0.103. The Balaban J connectivity index is 1.52. The summed E-state index contributed by atoms with van der Waals surface area (Å²) >= 11 is 0. The van der Waals surface area contributed by atoms with E-state index in [1.54, 1.807) is 0 Å². The Morgan fingerprint density at radius 2 is 1.56 bits per heavy atom.